The van der Waals surface area contributed by atoms with Gasteiger partial charge in [0.15, 0.2) is 5.78 Å². The minimum atomic E-state index is -0.794. The van der Waals surface area contributed by atoms with Gasteiger partial charge in [-0.3, -0.25) is 9.59 Å². The van der Waals surface area contributed by atoms with E-state index in [9.17, 15) is 19.8 Å². The van der Waals surface area contributed by atoms with Crippen molar-refractivity contribution in [1.29, 1.82) is 0 Å². The number of rotatable bonds is 4. The van der Waals surface area contributed by atoms with E-state index in [2.05, 4.69) is 12.2 Å². The van der Waals surface area contributed by atoms with Crippen LogP contribution in [-0.2, 0) is 14.3 Å². The molecule has 27 heavy (non-hydrogen) atoms. The zero-order valence-corrected chi connectivity index (χ0v) is 16.8. The SMILES string of the molecule is C/C(=C/CO)C(=O)C12CCC=CC1CCC(=O)OC(C(C)O)C(C)/C=C/2C. The number of ether oxygens (including phenoxy) is 1. The molecule has 0 spiro atoms. The summed E-state index contributed by atoms with van der Waals surface area (Å²) < 4.78 is 5.52. The number of hydrogen-bond donors (Lipinski definition) is 2. The van der Waals surface area contributed by atoms with Gasteiger partial charge in [0, 0.05) is 12.3 Å². The number of Topliss-reactive ketones (excluding diaryl/α,β-unsaturated/α-hetero) is 1. The number of allylic oxidation sites excluding steroid dienone is 4. The molecule has 5 unspecified atom stereocenters. The van der Waals surface area contributed by atoms with Crippen molar-refractivity contribution >= 4 is 11.8 Å². The van der Waals surface area contributed by atoms with Crippen molar-refractivity contribution in [2.45, 2.75) is 65.6 Å². The van der Waals surface area contributed by atoms with Crippen molar-refractivity contribution in [1.82, 2.24) is 0 Å². The maximum absolute atomic E-state index is 13.5. The Kier molecular flexibility index (Phi) is 7.18. The molecular formula is C22H32O5. The molecule has 0 amide bonds. The summed E-state index contributed by atoms with van der Waals surface area (Å²) in [6, 6.07) is 0. The van der Waals surface area contributed by atoms with Crippen LogP contribution >= 0.6 is 0 Å². The predicted molar refractivity (Wildman–Crippen MR) is 104 cm³/mol. The van der Waals surface area contributed by atoms with Gasteiger partial charge in [0.05, 0.1) is 18.1 Å². The van der Waals surface area contributed by atoms with Crippen molar-refractivity contribution in [3.05, 3.63) is 35.5 Å². The van der Waals surface area contributed by atoms with Crippen LogP contribution in [0.2, 0.25) is 0 Å². The number of hydrogen-bond acceptors (Lipinski definition) is 5. The molecule has 0 aromatic heterocycles. The molecule has 2 N–H and O–H groups in total. The largest absolute Gasteiger partial charge is 0.459 e. The third-order valence-electron chi connectivity index (χ3n) is 6.00. The molecule has 0 fully saturated rings. The van der Waals surface area contributed by atoms with Crippen LogP contribution in [0.25, 0.3) is 0 Å². The number of ketones is 1. The standard InChI is InChI=1S/C22H32O5/c1-14(10-12-23)21(26)22-11-6-5-7-18(22)8-9-19(25)27-20(17(4)24)15(2)13-16(22)3/h5,7,10,13,15,17-18,20,23-24H,6,8-9,11-12H2,1-4H3/b14-10-,16-13+. The lowest BCUT2D eigenvalue weighted by Gasteiger charge is -2.43. The van der Waals surface area contributed by atoms with Crippen molar-refractivity contribution in [2.75, 3.05) is 6.61 Å². The topological polar surface area (TPSA) is 83.8 Å². The quantitative estimate of drug-likeness (QED) is 0.447. The molecule has 5 heteroatoms. The molecule has 5 nitrogen and oxygen atoms in total. The molecule has 0 aromatic carbocycles. The van der Waals surface area contributed by atoms with E-state index in [4.69, 9.17) is 4.74 Å². The summed E-state index contributed by atoms with van der Waals surface area (Å²) in [6.45, 7) is 7.05. The Hall–Kier alpha value is -1.72. The van der Waals surface area contributed by atoms with Crippen LogP contribution in [-0.4, -0.2) is 40.8 Å². The average molecular weight is 376 g/mol. The Morgan fingerprint density at radius 2 is 2.19 bits per heavy atom. The maximum Gasteiger partial charge on any atom is 0.306 e. The second-order valence-electron chi connectivity index (χ2n) is 7.89. The van der Waals surface area contributed by atoms with Gasteiger partial charge in [-0.2, -0.15) is 0 Å². The first-order chi connectivity index (χ1) is 12.7. The summed E-state index contributed by atoms with van der Waals surface area (Å²) in [6.07, 6.45) is 8.41. The summed E-state index contributed by atoms with van der Waals surface area (Å²) in [4.78, 5) is 25.8. The highest BCUT2D eigenvalue weighted by Gasteiger charge is 2.47. The van der Waals surface area contributed by atoms with Gasteiger partial charge in [-0.15, -0.1) is 0 Å². The summed E-state index contributed by atoms with van der Waals surface area (Å²) >= 11 is 0. The average Bonchev–Trinajstić information content (AvgIpc) is 2.63. The number of fused-ring (bicyclic) bond motifs is 1. The summed E-state index contributed by atoms with van der Waals surface area (Å²) in [5, 5.41) is 19.3. The predicted octanol–water partition coefficient (Wildman–Crippen LogP) is 3.12. The fourth-order valence-electron chi connectivity index (χ4n) is 4.56. The van der Waals surface area contributed by atoms with Crippen LogP contribution in [0.3, 0.4) is 0 Å². The van der Waals surface area contributed by atoms with Crippen LogP contribution in [0.1, 0.15) is 53.4 Å². The molecule has 2 aliphatic rings. The van der Waals surface area contributed by atoms with Crippen LogP contribution in [0.4, 0.5) is 0 Å². The molecule has 1 heterocycles. The number of aliphatic hydroxyl groups is 2. The zero-order chi connectivity index (χ0) is 20.2. The number of carbonyl (C=O) groups is 2. The van der Waals surface area contributed by atoms with Gasteiger partial charge in [-0.25, -0.2) is 0 Å². The molecule has 2 rings (SSSR count). The van der Waals surface area contributed by atoms with Gasteiger partial charge in [0.1, 0.15) is 6.10 Å². The minimum Gasteiger partial charge on any atom is -0.459 e. The van der Waals surface area contributed by atoms with E-state index >= 15 is 0 Å². The molecule has 0 saturated carbocycles. The van der Waals surface area contributed by atoms with E-state index in [1.54, 1.807) is 19.9 Å². The molecular weight excluding hydrogens is 344 g/mol. The van der Waals surface area contributed by atoms with Gasteiger partial charge < -0.3 is 14.9 Å². The van der Waals surface area contributed by atoms with Crippen LogP contribution in [0, 0.1) is 17.3 Å². The molecule has 150 valence electrons. The molecule has 1 aliphatic heterocycles. The van der Waals surface area contributed by atoms with Gasteiger partial charge in [0.25, 0.3) is 0 Å². The first kappa shape index (κ1) is 21.6. The zero-order valence-electron chi connectivity index (χ0n) is 16.8. The minimum absolute atomic E-state index is 0.00869. The van der Waals surface area contributed by atoms with Gasteiger partial charge >= 0.3 is 5.97 Å². The number of aliphatic hydroxyl groups excluding tert-OH is 2. The molecule has 1 aliphatic carbocycles. The van der Waals surface area contributed by atoms with E-state index in [0.717, 1.165) is 12.0 Å². The highest BCUT2D eigenvalue weighted by molar-refractivity contribution is 6.02. The monoisotopic (exact) mass is 376 g/mol. The second kappa shape index (κ2) is 8.98. The molecule has 5 atom stereocenters. The second-order valence-corrected chi connectivity index (χ2v) is 7.89. The number of carbonyl (C=O) groups excluding carboxylic acids is 2. The third kappa shape index (κ3) is 4.41. The number of esters is 1. The lowest BCUT2D eigenvalue weighted by atomic mass is 9.59. The molecule has 0 radical (unpaired) electrons. The van der Waals surface area contributed by atoms with Crippen molar-refractivity contribution in [2.24, 2.45) is 17.3 Å². The fraction of sp³-hybridized carbons (Fsp3) is 0.636. The van der Waals surface area contributed by atoms with Crippen molar-refractivity contribution in [3.63, 3.8) is 0 Å². The maximum atomic E-state index is 13.5. The Morgan fingerprint density at radius 3 is 2.81 bits per heavy atom. The molecule has 0 saturated heterocycles. The Morgan fingerprint density at radius 1 is 1.48 bits per heavy atom. The van der Waals surface area contributed by atoms with Crippen LogP contribution in [0.15, 0.2) is 35.5 Å². The smallest absolute Gasteiger partial charge is 0.306 e. The first-order valence-electron chi connectivity index (χ1n) is 9.79. The van der Waals surface area contributed by atoms with Crippen LogP contribution < -0.4 is 0 Å². The van der Waals surface area contributed by atoms with Crippen molar-refractivity contribution in [3.8, 4) is 0 Å². The van der Waals surface area contributed by atoms with Gasteiger partial charge in [-0.1, -0.05) is 36.8 Å². The van der Waals surface area contributed by atoms with Crippen LogP contribution in [0.5, 0.6) is 0 Å². The van der Waals surface area contributed by atoms with Gasteiger partial charge in [0.2, 0.25) is 0 Å². The van der Waals surface area contributed by atoms with E-state index in [1.807, 2.05) is 19.9 Å². The lowest BCUT2D eigenvalue weighted by Crippen LogP contribution is -2.43. The van der Waals surface area contributed by atoms with E-state index in [1.165, 1.54) is 0 Å². The molecule has 0 aromatic rings. The Labute approximate surface area is 161 Å². The highest BCUT2D eigenvalue weighted by atomic mass is 16.6. The summed E-state index contributed by atoms with van der Waals surface area (Å²) in [7, 11) is 0. The van der Waals surface area contributed by atoms with E-state index in [-0.39, 0.29) is 36.6 Å². The van der Waals surface area contributed by atoms with Crippen molar-refractivity contribution < 1.29 is 24.5 Å². The third-order valence-corrected chi connectivity index (χ3v) is 6.00. The first-order valence-corrected chi connectivity index (χ1v) is 9.79. The summed E-state index contributed by atoms with van der Waals surface area (Å²) in [5.74, 6) is -0.650. The number of cyclic esters (lactones) is 1. The van der Waals surface area contributed by atoms with E-state index in [0.29, 0.717) is 18.4 Å². The highest BCUT2D eigenvalue weighted by Crippen LogP contribution is 2.49. The lowest BCUT2D eigenvalue weighted by molar-refractivity contribution is -0.158. The molecule has 0 bridgehead atoms. The summed E-state index contributed by atoms with van der Waals surface area (Å²) in [5.41, 5.74) is 0.771. The van der Waals surface area contributed by atoms with E-state index < -0.39 is 17.6 Å². The van der Waals surface area contributed by atoms with Gasteiger partial charge in [-0.05, 0) is 51.5 Å². The fourth-order valence-corrected chi connectivity index (χ4v) is 4.56. The Bertz CT molecular complexity index is 658. The normalized spacial score (nSPS) is 35.5. The Balaban J connectivity index is 2.59.